The summed E-state index contributed by atoms with van der Waals surface area (Å²) < 4.78 is 0. The fraction of sp³-hybridized carbons (Fsp3) is 0.933. The van der Waals surface area contributed by atoms with Crippen molar-refractivity contribution in [3.63, 3.8) is 0 Å². The van der Waals surface area contributed by atoms with Crippen molar-refractivity contribution in [1.29, 1.82) is 0 Å². The van der Waals surface area contributed by atoms with E-state index in [9.17, 15) is 15.3 Å². The molecule has 4 fully saturated rings. The Morgan fingerprint density at radius 2 is 1.55 bits per heavy atom. The zero-order chi connectivity index (χ0) is 24.6. The SMILES string of the molecule is CC(C)=CCC[C@](C)(O)[C@@H]1CC[C@@]2(C)[C@H]1[C@@H](O)C[C@H]1[C@]3(C)CC[C@@H](O)C(C)(C)[C@H]3CC[C@@]12C. The van der Waals surface area contributed by atoms with E-state index < -0.39 is 5.60 Å². The maximum absolute atomic E-state index is 11.8. The molecular weight excluding hydrogens is 408 g/mol. The van der Waals surface area contributed by atoms with E-state index in [1.54, 1.807) is 0 Å². The van der Waals surface area contributed by atoms with Crippen LogP contribution in [0.5, 0.6) is 0 Å². The summed E-state index contributed by atoms with van der Waals surface area (Å²) in [6, 6.07) is 0. The summed E-state index contributed by atoms with van der Waals surface area (Å²) in [5.74, 6) is 1.31. The smallest absolute Gasteiger partial charge is 0.0654 e. The van der Waals surface area contributed by atoms with E-state index in [2.05, 4.69) is 54.5 Å². The molecule has 0 amide bonds. The summed E-state index contributed by atoms with van der Waals surface area (Å²) in [6.07, 6.45) is 10.6. The number of fused-ring (bicyclic) bond motifs is 5. The van der Waals surface area contributed by atoms with Gasteiger partial charge in [0, 0.05) is 0 Å². The Bertz CT molecular complexity index is 779. The molecule has 10 atom stereocenters. The summed E-state index contributed by atoms with van der Waals surface area (Å²) in [7, 11) is 0. The molecule has 0 aromatic rings. The topological polar surface area (TPSA) is 60.7 Å². The molecular formula is C30H52O3. The van der Waals surface area contributed by atoms with Crippen LogP contribution in [-0.4, -0.2) is 33.1 Å². The molecule has 3 nitrogen and oxygen atoms in total. The van der Waals surface area contributed by atoms with Crippen LogP contribution < -0.4 is 0 Å². The van der Waals surface area contributed by atoms with Crippen LogP contribution in [0.1, 0.15) is 113 Å². The van der Waals surface area contributed by atoms with Gasteiger partial charge in [0.2, 0.25) is 0 Å². The van der Waals surface area contributed by atoms with Crippen molar-refractivity contribution in [3.8, 4) is 0 Å². The third-order valence-corrected chi connectivity index (χ3v) is 12.4. The zero-order valence-corrected chi connectivity index (χ0v) is 22.7. The van der Waals surface area contributed by atoms with Crippen molar-refractivity contribution in [2.45, 2.75) is 131 Å². The minimum atomic E-state index is -0.739. The first-order valence-corrected chi connectivity index (χ1v) is 13.8. The fourth-order valence-corrected chi connectivity index (χ4v) is 10.3. The standard InChI is InChI=1S/C30H52O3/c1-19(2)10-9-14-30(8,33)20-11-16-29(7)25(20)21(31)18-23-27(5)15-13-24(32)26(3,4)22(27)12-17-28(23,29)6/h10,20-25,31-33H,9,11-18H2,1-8H3/t20-,21+,22-,23+,24-,25-,27-,28+,29+,30+/m1/s1. The summed E-state index contributed by atoms with van der Waals surface area (Å²) in [4.78, 5) is 0. The molecule has 0 unspecified atom stereocenters. The molecule has 4 saturated carbocycles. The number of allylic oxidation sites excluding steroid dienone is 2. The molecule has 4 rings (SSSR count). The second kappa shape index (κ2) is 8.07. The van der Waals surface area contributed by atoms with Gasteiger partial charge in [0.15, 0.2) is 0 Å². The second-order valence-corrected chi connectivity index (χ2v) is 14.5. The Hall–Kier alpha value is -0.380. The van der Waals surface area contributed by atoms with Gasteiger partial charge in [-0.25, -0.2) is 0 Å². The molecule has 4 aliphatic rings. The van der Waals surface area contributed by atoms with Crippen molar-refractivity contribution < 1.29 is 15.3 Å². The summed E-state index contributed by atoms with van der Waals surface area (Å²) >= 11 is 0. The van der Waals surface area contributed by atoms with Crippen molar-refractivity contribution in [3.05, 3.63) is 11.6 Å². The minimum absolute atomic E-state index is 0.0503. The Labute approximate surface area is 203 Å². The summed E-state index contributed by atoms with van der Waals surface area (Å²) in [6.45, 7) is 18.3. The highest BCUT2D eigenvalue weighted by Gasteiger charge is 2.71. The fourth-order valence-electron chi connectivity index (χ4n) is 10.3. The summed E-state index contributed by atoms with van der Waals surface area (Å²) in [5.41, 5.74) is 0.885. The quantitative estimate of drug-likeness (QED) is 0.420. The predicted octanol–water partition coefficient (Wildman–Crippen LogP) is 6.50. The molecule has 3 N–H and O–H groups in total. The molecule has 0 saturated heterocycles. The van der Waals surface area contributed by atoms with Crippen molar-refractivity contribution in [2.24, 2.45) is 45.3 Å². The predicted molar refractivity (Wildman–Crippen MR) is 136 cm³/mol. The van der Waals surface area contributed by atoms with Crippen LogP contribution in [0.15, 0.2) is 11.6 Å². The molecule has 0 spiro atoms. The third kappa shape index (κ3) is 3.61. The van der Waals surface area contributed by atoms with Gasteiger partial charge in [0.1, 0.15) is 0 Å². The Kier molecular flexibility index (Phi) is 6.28. The highest BCUT2D eigenvalue weighted by atomic mass is 16.3. The van der Waals surface area contributed by atoms with E-state index in [-0.39, 0.29) is 45.7 Å². The lowest BCUT2D eigenvalue weighted by atomic mass is 9.35. The lowest BCUT2D eigenvalue weighted by Gasteiger charge is -2.70. The van der Waals surface area contributed by atoms with Crippen LogP contribution in [0.2, 0.25) is 0 Å². The van der Waals surface area contributed by atoms with Gasteiger partial charge < -0.3 is 15.3 Å². The monoisotopic (exact) mass is 460 g/mol. The Morgan fingerprint density at radius 3 is 2.18 bits per heavy atom. The van der Waals surface area contributed by atoms with Crippen molar-refractivity contribution >= 4 is 0 Å². The van der Waals surface area contributed by atoms with Gasteiger partial charge in [-0.15, -0.1) is 0 Å². The molecule has 4 aliphatic carbocycles. The summed E-state index contributed by atoms with van der Waals surface area (Å²) in [5, 5.41) is 34.3. The van der Waals surface area contributed by atoms with Gasteiger partial charge in [0.05, 0.1) is 17.8 Å². The maximum atomic E-state index is 11.8. The first-order valence-electron chi connectivity index (χ1n) is 13.8. The molecule has 0 bridgehead atoms. The number of rotatable bonds is 4. The molecule has 0 aliphatic heterocycles. The Balaban J connectivity index is 1.66. The van der Waals surface area contributed by atoms with E-state index in [0.717, 1.165) is 44.9 Å². The second-order valence-electron chi connectivity index (χ2n) is 14.5. The number of hydrogen-bond acceptors (Lipinski definition) is 3. The molecule has 0 heterocycles. The highest BCUT2D eigenvalue weighted by molar-refractivity contribution is 5.20. The average molecular weight is 461 g/mol. The lowest BCUT2D eigenvalue weighted by molar-refractivity contribution is -0.246. The first kappa shape index (κ1) is 25.7. The van der Waals surface area contributed by atoms with Crippen LogP contribution in [-0.2, 0) is 0 Å². The van der Waals surface area contributed by atoms with Gasteiger partial charge >= 0.3 is 0 Å². The highest BCUT2D eigenvalue weighted by Crippen LogP contribution is 2.75. The van der Waals surface area contributed by atoms with Crippen LogP contribution in [0.4, 0.5) is 0 Å². The number of hydrogen-bond donors (Lipinski definition) is 3. The van der Waals surface area contributed by atoms with Crippen LogP contribution in [0.25, 0.3) is 0 Å². The largest absolute Gasteiger partial charge is 0.393 e. The number of aliphatic hydroxyl groups is 3. The molecule has 0 radical (unpaired) electrons. The molecule has 0 aromatic carbocycles. The molecule has 0 aromatic heterocycles. The van der Waals surface area contributed by atoms with Crippen molar-refractivity contribution in [1.82, 2.24) is 0 Å². The normalized spacial score (nSPS) is 50.5. The van der Waals surface area contributed by atoms with Gasteiger partial charge in [-0.2, -0.15) is 0 Å². The average Bonchev–Trinajstić information content (AvgIpc) is 3.08. The zero-order valence-electron chi connectivity index (χ0n) is 22.7. The molecule has 33 heavy (non-hydrogen) atoms. The van der Waals surface area contributed by atoms with Gasteiger partial charge in [-0.3, -0.25) is 0 Å². The van der Waals surface area contributed by atoms with E-state index in [4.69, 9.17) is 0 Å². The lowest BCUT2D eigenvalue weighted by Crippen LogP contribution is -2.66. The van der Waals surface area contributed by atoms with Gasteiger partial charge in [-0.1, -0.05) is 46.3 Å². The van der Waals surface area contributed by atoms with E-state index in [0.29, 0.717) is 11.8 Å². The van der Waals surface area contributed by atoms with Gasteiger partial charge in [-0.05, 0) is 124 Å². The van der Waals surface area contributed by atoms with E-state index >= 15 is 0 Å². The molecule has 190 valence electrons. The van der Waals surface area contributed by atoms with Crippen LogP contribution in [0.3, 0.4) is 0 Å². The van der Waals surface area contributed by atoms with E-state index in [1.807, 2.05) is 6.92 Å². The first-order chi connectivity index (χ1) is 15.1. The third-order valence-electron chi connectivity index (χ3n) is 12.4. The maximum Gasteiger partial charge on any atom is 0.0654 e. The Morgan fingerprint density at radius 1 is 0.909 bits per heavy atom. The van der Waals surface area contributed by atoms with Crippen LogP contribution >= 0.6 is 0 Å². The van der Waals surface area contributed by atoms with Crippen LogP contribution in [0, 0.1) is 45.3 Å². The molecule has 3 heteroatoms. The van der Waals surface area contributed by atoms with E-state index in [1.165, 1.54) is 18.4 Å². The number of aliphatic hydroxyl groups excluding tert-OH is 2. The minimum Gasteiger partial charge on any atom is -0.393 e. The van der Waals surface area contributed by atoms with Gasteiger partial charge in [0.25, 0.3) is 0 Å². The van der Waals surface area contributed by atoms with Crippen molar-refractivity contribution in [2.75, 3.05) is 0 Å².